The number of aromatic nitrogens is 2. The molecule has 2 N–H and O–H groups in total. The Labute approximate surface area is 116 Å². The molecule has 5 heteroatoms. The minimum atomic E-state index is -0.387. The molecular formula is C14H16ClN3O. The summed E-state index contributed by atoms with van der Waals surface area (Å²) in [5, 5.41) is 9.23. The normalized spacial score (nSPS) is 10.7. The predicted molar refractivity (Wildman–Crippen MR) is 77.7 cm³/mol. The van der Waals surface area contributed by atoms with E-state index in [1.807, 2.05) is 0 Å². The number of nitrogens with one attached hydrogen (secondary N) is 2. The van der Waals surface area contributed by atoms with Gasteiger partial charge in [0.05, 0.1) is 11.9 Å². The molecule has 2 rings (SSSR count). The maximum atomic E-state index is 11.3. The molecule has 0 aliphatic carbocycles. The van der Waals surface area contributed by atoms with Gasteiger partial charge in [-0.15, -0.1) is 0 Å². The molecule has 0 amide bonds. The molecule has 2 aromatic rings. The number of halogens is 1. The lowest BCUT2D eigenvalue weighted by molar-refractivity contribution is 0.865. The molecule has 0 bridgehead atoms. The molecule has 1 aromatic carbocycles. The van der Waals surface area contributed by atoms with Crippen LogP contribution < -0.4 is 10.9 Å². The molecule has 0 aliphatic rings. The van der Waals surface area contributed by atoms with Gasteiger partial charge in [-0.2, -0.15) is 5.10 Å². The third-order valence-corrected chi connectivity index (χ3v) is 3.30. The lowest BCUT2D eigenvalue weighted by atomic mass is 10.0. The third kappa shape index (κ3) is 3.35. The second kappa shape index (κ2) is 5.89. The summed E-state index contributed by atoms with van der Waals surface area (Å²) in [5.74, 6) is 0.522. The minimum Gasteiger partial charge on any atom is -0.378 e. The van der Waals surface area contributed by atoms with E-state index in [0.29, 0.717) is 18.2 Å². The first-order chi connectivity index (χ1) is 9.08. The fourth-order valence-electron chi connectivity index (χ4n) is 1.72. The average Bonchev–Trinajstić information content (AvgIpc) is 2.41. The van der Waals surface area contributed by atoms with Crippen LogP contribution >= 0.6 is 11.6 Å². The van der Waals surface area contributed by atoms with Crippen LogP contribution in [0.5, 0.6) is 0 Å². The van der Waals surface area contributed by atoms with Crippen molar-refractivity contribution >= 4 is 17.3 Å². The largest absolute Gasteiger partial charge is 0.378 e. The maximum Gasteiger partial charge on any atom is 0.285 e. The number of anilines is 1. The summed E-state index contributed by atoms with van der Waals surface area (Å²) < 4.78 is 0. The average molecular weight is 278 g/mol. The molecule has 0 fully saturated rings. The molecule has 0 saturated heterocycles. The number of aromatic amines is 1. The van der Waals surface area contributed by atoms with E-state index in [4.69, 9.17) is 11.6 Å². The van der Waals surface area contributed by atoms with Crippen molar-refractivity contribution in [1.82, 2.24) is 10.2 Å². The van der Waals surface area contributed by atoms with E-state index in [1.54, 1.807) is 0 Å². The van der Waals surface area contributed by atoms with Crippen LogP contribution in [0.15, 0.2) is 35.3 Å². The molecule has 19 heavy (non-hydrogen) atoms. The number of benzene rings is 1. The van der Waals surface area contributed by atoms with Crippen molar-refractivity contribution in [2.75, 3.05) is 5.32 Å². The van der Waals surface area contributed by atoms with Crippen LogP contribution in [-0.2, 0) is 6.54 Å². The molecule has 100 valence electrons. The summed E-state index contributed by atoms with van der Waals surface area (Å²) in [6, 6.07) is 8.35. The summed E-state index contributed by atoms with van der Waals surface area (Å²) in [6.45, 7) is 4.92. The fraction of sp³-hybridized carbons (Fsp3) is 0.286. The van der Waals surface area contributed by atoms with Gasteiger partial charge in [-0.25, -0.2) is 5.10 Å². The second-order valence-electron chi connectivity index (χ2n) is 4.68. The SMILES string of the molecule is CC(C)c1ccc(CNc2cn[nH]c(=O)c2Cl)cc1. The minimum absolute atomic E-state index is 0.133. The van der Waals surface area contributed by atoms with E-state index in [9.17, 15) is 4.79 Å². The highest BCUT2D eigenvalue weighted by Gasteiger charge is 2.04. The van der Waals surface area contributed by atoms with Crippen LogP contribution in [0, 0.1) is 0 Å². The Balaban J connectivity index is 2.06. The Kier molecular flexibility index (Phi) is 4.22. The van der Waals surface area contributed by atoms with Crippen molar-refractivity contribution in [3.63, 3.8) is 0 Å². The van der Waals surface area contributed by atoms with E-state index in [-0.39, 0.29) is 10.6 Å². The summed E-state index contributed by atoms with van der Waals surface area (Å²) in [5.41, 5.74) is 2.58. The summed E-state index contributed by atoms with van der Waals surface area (Å²) in [6.07, 6.45) is 1.51. The first-order valence-electron chi connectivity index (χ1n) is 6.14. The van der Waals surface area contributed by atoms with Gasteiger partial charge in [0.15, 0.2) is 0 Å². The first kappa shape index (κ1) is 13.6. The van der Waals surface area contributed by atoms with Gasteiger partial charge in [-0.3, -0.25) is 4.79 Å². The Morgan fingerprint density at radius 3 is 2.63 bits per heavy atom. The highest BCUT2D eigenvalue weighted by molar-refractivity contribution is 6.32. The van der Waals surface area contributed by atoms with Gasteiger partial charge >= 0.3 is 0 Å². The number of hydrogen-bond donors (Lipinski definition) is 2. The van der Waals surface area contributed by atoms with E-state index in [0.717, 1.165) is 5.56 Å². The first-order valence-corrected chi connectivity index (χ1v) is 6.51. The van der Waals surface area contributed by atoms with Gasteiger partial charge in [0.25, 0.3) is 5.56 Å². The Bertz CT molecular complexity index is 605. The highest BCUT2D eigenvalue weighted by atomic mass is 35.5. The highest BCUT2D eigenvalue weighted by Crippen LogP contribution is 2.17. The van der Waals surface area contributed by atoms with Crippen molar-refractivity contribution in [2.24, 2.45) is 0 Å². The number of nitrogens with zero attached hydrogens (tertiary/aromatic N) is 1. The van der Waals surface area contributed by atoms with Gasteiger partial charge in [0.2, 0.25) is 0 Å². The van der Waals surface area contributed by atoms with E-state index in [1.165, 1.54) is 11.8 Å². The maximum absolute atomic E-state index is 11.3. The predicted octanol–water partition coefficient (Wildman–Crippen LogP) is 3.16. The van der Waals surface area contributed by atoms with Crippen molar-refractivity contribution < 1.29 is 0 Å². The quantitative estimate of drug-likeness (QED) is 0.902. The summed E-state index contributed by atoms with van der Waals surface area (Å²) in [4.78, 5) is 11.3. The van der Waals surface area contributed by atoms with Gasteiger partial charge < -0.3 is 5.32 Å². The van der Waals surface area contributed by atoms with Crippen molar-refractivity contribution in [1.29, 1.82) is 0 Å². The lowest BCUT2D eigenvalue weighted by Crippen LogP contribution is -2.11. The van der Waals surface area contributed by atoms with Gasteiger partial charge in [0, 0.05) is 6.54 Å². The topological polar surface area (TPSA) is 57.8 Å². The Hall–Kier alpha value is -1.81. The number of hydrogen-bond acceptors (Lipinski definition) is 3. The van der Waals surface area contributed by atoms with Crippen molar-refractivity contribution in [3.05, 3.63) is 57.0 Å². The smallest absolute Gasteiger partial charge is 0.285 e. The lowest BCUT2D eigenvalue weighted by Gasteiger charge is -2.09. The molecule has 0 saturated carbocycles. The van der Waals surface area contributed by atoms with Crippen molar-refractivity contribution in [2.45, 2.75) is 26.3 Å². The molecular weight excluding hydrogens is 262 g/mol. The van der Waals surface area contributed by atoms with Crippen molar-refractivity contribution in [3.8, 4) is 0 Å². The third-order valence-electron chi connectivity index (χ3n) is 2.92. The zero-order chi connectivity index (χ0) is 13.8. The Morgan fingerprint density at radius 1 is 1.32 bits per heavy atom. The van der Waals surface area contributed by atoms with E-state index >= 15 is 0 Å². The molecule has 0 atom stereocenters. The number of H-pyrrole nitrogens is 1. The Morgan fingerprint density at radius 2 is 2.00 bits per heavy atom. The van der Waals surface area contributed by atoms with E-state index < -0.39 is 0 Å². The van der Waals surface area contributed by atoms with Gasteiger partial charge in [0.1, 0.15) is 5.02 Å². The molecule has 1 aromatic heterocycles. The van der Waals surface area contributed by atoms with Gasteiger partial charge in [-0.05, 0) is 17.0 Å². The molecule has 0 radical (unpaired) electrons. The van der Waals surface area contributed by atoms with Crippen LogP contribution in [0.1, 0.15) is 30.9 Å². The second-order valence-corrected chi connectivity index (χ2v) is 5.05. The molecule has 1 heterocycles. The molecule has 0 unspecified atom stereocenters. The standard InChI is InChI=1S/C14H16ClN3O/c1-9(2)11-5-3-10(4-6-11)7-16-12-8-17-18-14(19)13(12)15/h3-6,8-9H,7H2,1-2H3,(H2,16,18,19). The van der Waals surface area contributed by atoms with Crippen LogP contribution in [0.4, 0.5) is 5.69 Å². The fourth-order valence-corrected chi connectivity index (χ4v) is 1.88. The van der Waals surface area contributed by atoms with Crippen LogP contribution in [0.3, 0.4) is 0 Å². The van der Waals surface area contributed by atoms with Crippen LogP contribution in [-0.4, -0.2) is 10.2 Å². The van der Waals surface area contributed by atoms with Crippen LogP contribution in [0.2, 0.25) is 5.02 Å². The molecule has 0 aliphatic heterocycles. The molecule has 4 nitrogen and oxygen atoms in total. The zero-order valence-corrected chi connectivity index (χ0v) is 11.7. The van der Waals surface area contributed by atoms with E-state index in [2.05, 4.69) is 53.6 Å². The van der Waals surface area contributed by atoms with Gasteiger partial charge in [-0.1, -0.05) is 49.7 Å². The zero-order valence-electron chi connectivity index (χ0n) is 10.9. The molecule has 0 spiro atoms. The monoisotopic (exact) mass is 277 g/mol. The van der Waals surface area contributed by atoms with Crippen LogP contribution in [0.25, 0.3) is 0 Å². The number of rotatable bonds is 4. The summed E-state index contributed by atoms with van der Waals surface area (Å²) in [7, 11) is 0. The summed E-state index contributed by atoms with van der Waals surface area (Å²) >= 11 is 5.88.